The maximum Gasteiger partial charge on any atom is 0.303 e. The predicted molar refractivity (Wildman–Crippen MR) is 47.9 cm³/mol. The number of hydrogen-bond acceptors (Lipinski definition) is 2. The van der Waals surface area contributed by atoms with Gasteiger partial charge in [0.05, 0.1) is 0 Å². The Hall–Kier alpha value is -0.790. The molecule has 0 spiro atoms. The second-order valence-electron chi connectivity index (χ2n) is 5.03. The highest BCUT2D eigenvalue weighted by Gasteiger charge is 2.88. The summed E-state index contributed by atoms with van der Waals surface area (Å²) in [5, 5.41) is 0. The van der Waals surface area contributed by atoms with E-state index in [0.29, 0.717) is 11.3 Å². The number of allylic oxidation sites excluding steroid dienone is 1. The molecule has 0 heterocycles. The van der Waals surface area contributed by atoms with Gasteiger partial charge in [0.2, 0.25) is 0 Å². The number of hydrogen-bond donors (Lipinski definition) is 0. The average molecular weight is 178 g/mol. The molecule has 3 unspecified atom stereocenters. The quantitative estimate of drug-likeness (QED) is 0.452. The van der Waals surface area contributed by atoms with Crippen LogP contribution in [0.1, 0.15) is 20.8 Å². The van der Waals surface area contributed by atoms with Gasteiger partial charge >= 0.3 is 5.97 Å². The van der Waals surface area contributed by atoms with Gasteiger partial charge in [-0.15, -0.1) is 0 Å². The minimum atomic E-state index is -0.306. The Kier molecular flexibility index (Phi) is 0.994. The lowest BCUT2D eigenvalue weighted by Gasteiger charge is -2.36. The lowest BCUT2D eigenvalue weighted by atomic mass is 9.78. The maximum atomic E-state index is 10.9. The normalized spacial score (nSPS) is 59.8. The van der Waals surface area contributed by atoms with Crippen molar-refractivity contribution in [2.75, 3.05) is 0 Å². The fourth-order valence-corrected chi connectivity index (χ4v) is 3.57. The van der Waals surface area contributed by atoms with Crippen molar-refractivity contribution in [1.82, 2.24) is 0 Å². The monoisotopic (exact) mass is 178 g/mol. The third-order valence-electron chi connectivity index (χ3n) is 4.25. The van der Waals surface area contributed by atoms with Gasteiger partial charge in [-0.2, -0.15) is 0 Å². The molecule has 0 aromatic rings. The molecule has 2 heteroatoms. The van der Waals surface area contributed by atoms with Gasteiger partial charge in [0.1, 0.15) is 5.60 Å². The van der Waals surface area contributed by atoms with Crippen LogP contribution in [0.4, 0.5) is 0 Å². The molecule has 0 radical (unpaired) electrons. The number of fused-ring (bicyclic) bond motifs is 1. The van der Waals surface area contributed by atoms with Crippen LogP contribution in [0.5, 0.6) is 0 Å². The van der Waals surface area contributed by atoms with E-state index >= 15 is 0 Å². The Morgan fingerprint density at radius 2 is 2.08 bits per heavy atom. The molecule has 2 saturated carbocycles. The van der Waals surface area contributed by atoms with Crippen molar-refractivity contribution >= 4 is 5.97 Å². The summed E-state index contributed by atoms with van der Waals surface area (Å²) >= 11 is 0. The van der Waals surface area contributed by atoms with Gasteiger partial charge in [-0.05, 0) is 30.3 Å². The lowest BCUT2D eigenvalue weighted by molar-refractivity contribution is -0.155. The van der Waals surface area contributed by atoms with Crippen LogP contribution in [-0.2, 0) is 9.53 Å². The first-order chi connectivity index (χ1) is 6.00. The molecule has 0 N–H and O–H groups in total. The molecule has 4 rings (SSSR count). The first-order valence-corrected chi connectivity index (χ1v) is 4.89. The van der Waals surface area contributed by atoms with Crippen LogP contribution in [-0.4, -0.2) is 11.6 Å². The third kappa shape index (κ3) is 0.651. The topological polar surface area (TPSA) is 26.3 Å². The van der Waals surface area contributed by atoms with Crippen molar-refractivity contribution in [3.05, 3.63) is 12.2 Å². The Balaban J connectivity index is 1.89. The van der Waals surface area contributed by atoms with Crippen molar-refractivity contribution in [2.45, 2.75) is 26.4 Å². The van der Waals surface area contributed by atoms with Gasteiger partial charge in [0.15, 0.2) is 0 Å². The number of ether oxygens (including phenoxy) is 1. The van der Waals surface area contributed by atoms with Crippen LogP contribution >= 0.6 is 0 Å². The van der Waals surface area contributed by atoms with Crippen LogP contribution in [0.2, 0.25) is 0 Å². The van der Waals surface area contributed by atoms with E-state index in [2.05, 4.69) is 19.1 Å². The van der Waals surface area contributed by atoms with Crippen LogP contribution in [0.15, 0.2) is 12.2 Å². The molecule has 13 heavy (non-hydrogen) atoms. The molecule has 2 nitrogen and oxygen atoms in total. The van der Waals surface area contributed by atoms with Crippen molar-refractivity contribution < 1.29 is 9.53 Å². The number of rotatable bonds is 1. The highest BCUT2D eigenvalue weighted by atomic mass is 16.6. The average Bonchev–Trinajstić information content (AvgIpc) is 2.73. The van der Waals surface area contributed by atoms with Crippen LogP contribution in [0.3, 0.4) is 0 Å². The zero-order valence-corrected chi connectivity index (χ0v) is 8.20. The Morgan fingerprint density at radius 1 is 1.46 bits per heavy atom. The van der Waals surface area contributed by atoms with Crippen LogP contribution in [0.25, 0.3) is 0 Å². The van der Waals surface area contributed by atoms with Gasteiger partial charge in [0, 0.05) is 12.8 Å². The van der Waals surface area contributed by atoms with Crippen LogP contribution < -0.4 is 0 Å². The minimum Gasteiger partial charge on any atom is -0.455 e. The second kappa shape index (κ2) is 1.70. The van der Waals surface area contributed by atoms with Gasteiger partial charge < -0.3 is 4.74 Å². The lowest BCUT2D eigenvalue weighted by Crippen LogP contribution is -2.39. The third-order valence-corrected chi connectivity index (χ3v) is 4.25. The summed E-state index contributed by atoms with van der Waals surface area (Å²) in [4.78, 5) is 10.9. The summed E-state index contributed by atoms with van der Waals surface area (Å²) in [5.41, 5.74) is 0.180. The molecule has 0 aromatic heterocycles. The van der Waals surface area contributed by atoms with E-state index in [1.54, 1.807) is 0 Å². The molecule has 2 bridgehead atoms. The Bertz CT molecular complexity index is 333. The SMILES string of the molecule is CC(=O)OC1(C)C=C[C@H]2C3[C@@H]1C32C. The fraction of sp³-hybridized carbons (Fsp3) is 0.727. The molecule has 4 aliphatic carbocycles. The maximum absolute atomic E-state index is 10.9. The molecule has 0 saturated heterocycles. The second-order valence-corrected chi connectivity index (χ2v) is 5.03. The van der Waals surface area contributed by atoms with E-state index in [1.807, 2.05) is 6.92 Å². The zero-order valence-electron chi connectivity index (χ0n) is 8.20. The van der Waals surface area contributed by atoms with Crippen molar-refractivity contribution in [2.24, 2.45) is 23.2 Å². The summed E-state index contributed by atoms with van der Waals surface area (Å²) in [6, 6.07) is 0. The van der Waals surface area contributed by atoms with Crippen molar-refractivity contribution in [3.8, 4) is 0 Å². The molecule has 4 aliphatic rings. The summed E-state index contributed by atoms with van der Waals surface area (Å²) in [6.45, 7) is 5.82. The zero-order chi connectivity index (χ0) is 9.43. The molecular weight excluding hydrogens is 164 g/mol. The first kappa shape index (κ1) is 7.60. The molecule has 5 atom stereocenters. The standard InChI is InChI=1S/C11H14O2/c1-6(12)13-10(2)5-4-7-8-9(10)11(7,8)3/h4-5,7-9H,1-3H3/t7-,8?,9-,10?,11?/m0/s1. The molecule has 70 valence electrons. The fourth-order valence-electron chi connectivity index (χ4n) is 3.57. The smallest absolute Gasteiger partial charge is 0.303 e. The van der Waals surface area contributed by atoms with E-state index < -0.39 is 0 Å². The number of carbonyl (C=O) groups is 1. The van der Waals surface area contributed by atoms with Crippen LogP contribution in [0, 0.1) is 23.2 Å². The van der Waals surface area contributed by atoms with Gasteiger partial charge in [-0.3, -0.25) is 4.79 Å². The van der Waals surface area contributed by atoms with E-state index in [4.69, 9.17) is 4.74 Å². The molecule has 0 aliphatic heterocycles. The first-order valence-electron chi connectivity index (χ1n) is 4.89. The molecule has 0 amide bonds. The van der Waals surface area contributed by atoms with E-state index in [1.165, 1.54) is 6.92 Å². The highest BCUT2D eigenvalue weighted by molar-refractivity contribution is 5.67. The summed E-state index contributed by atoms with van der Waals surface area (Å²) in [6.07, 6.45) is 4.31. The van der Waals surface area contributed by atoms with E-state index in [9.17, 15) is 4.79 Å². The van der Waals surface area contributed by atoms with Gasteiger partial charge in [-0.1, -0.05) is 13.0 Å². The molecular formula is C11H14O2. The summed E-state index contributed by atoms with van der Waals surface area (Å²) in [7, 11) is 0. The number of carbonyl (C=O) groups excluding carboxylic acids is 1. The largest absolute Gasteiger partial charge is 0.455 e. The summed E-state index contributed by atoms with van der Waals surface area (Å²) < 4.78 is 5.39. The van der Waals surface area contributed by atoms with E-state index in [0.717, 1.165) is 11.8 Å². The minimum absolute atomic E-state index is 0.166. The number of esters is 1. The predicted octanol–water partition coefficient (Wildman–Crippen LogP) is 1.76. The van der Waals surface area contributed by atoms with Gasteiger partial charge in [-0.25, -0.2) is 0 Å². The van der Waals surface area contributed by atoms with Crippen molar-refractivity contribution in [3.63, 3.8) is 0 Å². The molecule has 2 fully saturated rings. The Labute approximate surface area is 78.0 Å². The summed E-state index contributed by atoms with van der Waals surface area (Å²) in [5.74, 6) is 2.03. The molecule has 0 aromatic carbocycles. The highest BCUT2D eigenvalue weighted by Crippen LogP contribution is 2.88. The Morgan fingerprint density at radius 3 is 2.54 bits per heavy atom. The van der Waals surface area contributed by atoms with Crippen molar-refractivity contribution in [1.29, 1.82) is 0 Å². The van der Waals surface area contributed by atoms with E-state index in [-0.39, 0.29) is 11.6 Å². The van der Waals surface area contributed by atoms with Gasteiger partial charge in [0.25, 0.3) is 0 Å².